The molecule has 8 heterocycles. The van der Waals surface area contributed by atoms with E-state index < -0.39 is 37.9 Å². The molecule has 0 spiro atoms. The molecule has 19 nitrogen and oxygen atoms in total. The lowest BCUT2D eigenvalue weighted by molar-refractivity contribution is -0.374. The maximum atomic E-state index is 12.6. The Kier molecular flexibility index (Phi) is 22.7. The molecule has 0 saturated carbocycles. The first-order valence-corrected chi connectivity index (χ1v) is 32.2. The first-order valence-electron chi connectivity index (χ1n) is 30.7. The Morgan fingerprint density at radius 2 is 0.816 bits per heavy atom. The molecule has 8 aliphatic heterocycles. The van der Waals surface area contributed by atoms with Crippen LogP contribution in [-0.4, -0.2) is 181 Å². The summed E-state index contributed by atoms with van der Waals surface area (Å²) in [5.41, 5.74) is 1.16. The molecule has 9 unspecified atom stereocenters. The number of ether oxygens (including phenoxy) is 2. The number of esters is 1. The van der Waals surface area contributed by atoms with Crippen LogP contribution in [0.2, 0.25) is 0 Å². The summed E-state index contributed by atoms with van der Waals surface area (Å²) in [6, 6.07) is 36.5. The third-order valence-electron chi connectivity index (χ3n) is 19.9. The molecular weight excluding hydrogens is 1130 g/mol. The van der Waals surface area contributed by atoms with E-state index in [2.05, 4.69) is 33.7 Å². The lowest BCUT2D eigenvalue weighted by Crippen LogP contribution is -2.54. The van der Waals surface area contributed by atoms with Gasteiger partial charge >= 0.3 is 25.5 Å². The van der Waals surface area contributed by atoms with Crippen molar-refractivity contribution in [2.45, 2.75) is 183 Å². The van der Waals surface area contributed by atoms with Gasteiger partial charge in [-0.1, -0.05) is 84.9 Å². The number of hydrogen-bond acceptors (Lipinski definition) is 17. The number of carboxylic acid groups (broad SMARTS) is 1. The number of ketones is 4. The number of carboxylic acids is 1. The van der Waals surface area contributed by atoms with Crippen LogP contribution in [0, 0.1) is 23.7 Å². The Morgan fingerprint density at radius 1 is 0.471 bits per heavy atom. The Hall–Kier alpha value is -5.67. The van der Waals surface area contributed by atoms with Crippen molar-refractivity contribution in [1.29, 1.82) is 0 Å². The van der Waals surface area contributed by atoms with Gasteiger partial charge in [-0.15, -0.1) is 0 Å². The molecule has 87 heavy (non-hydrogen) atoms. The van der Waals surface area contributed by atoms with Gasteiger partial charge in [-0.2, -0.15) is 0 Å². The summed E-state index contributed by atoms with van der Waals surface area (Å²) in [5, 5.41) is 39.1. The van der Waals surface area contributed by atoms with Crippen LogP contribution >= 0.6 is 7.60 Å². The van der Waals surface area contributed by atoms with Crippen LogP contribution in [-0.2, 0) is 43.7 Å². The summed E-state index contributed by atoms with van der Waals surface area (Å²) in [5.74, 6) is -4.19. The largest absolute Gasteiger partial charge is 0.478 e. The Labute approximate surface area is 511 Å². The number of piperidine rings is 4. The number of nitrogens with zero attached hydrogens (tertiary/aromatic N) is 4. The maximum absolute atomic E-state index is 12.6. The number of hydrogen-bond donors (Lipinski definition) is 5. The number of aromatic carboxylic acids is 1. The number of carbonyl (C=O) groups excluding carboxylic acids is 5. The van der Waals surface area contributed by atoms with Crippen LogP contribution < -0.4 is 5.30 Å². The summed E-state index contributed by atoms with van der Waals surface area (Å²) in [4.78, 5) is 89.4. The van der Waals surface area contributed by atoms with Crippen molar-refractivity contribution in [2.75, 3.05) is 28.2 Å². The Balaban J connectivity index is 0.000000145. The fourth-order valence-electron chi connectivity index (χ4n) is 15.3. The predicted octanol–water partition coefficient (Wildman–Crippen LogP) is 7.28. The molecular formula is C67H89N4O15P. The van der Waals surface area contributed by atoms with Crippen molar-refractivity contribution in [3.8, 4) is 0 Å². The van der Waals surface area contributed by atoms with Crippen LogP contribution in [0.1, 0.15) is 131 Å². The number of fused-ring (bicyclic) bond motifs is 8. The molecule has 0 radical (unpaired) electrons. The minimum absolute atomic E-state index is 0.0373. The van der Waals surface area contributed by atoms with Crippen molar-refractivity contribution < 1.29 is 72.6 Å². The molecule has 472 valence electrons. The highest BCUT2D eigenvalue weighted by atomic mass is 31.2. The van der Waals surface area contributed by atoms with Gasteiger partial charge in [0.15, 0.2) is 0 Å². The van der Waals surface area contributed by atoms with E-state index in [0.29, 0.717) is 54.2 Å². The monoisotopic (exact) mass is 1220 g/mol. The molecule has 0 amide bonds. The number of aliphatic hydroxyl groups excluding tert-OH is 1. The van der Waals surface area contributed by atoms with Gasteiger partial charge in [0.2, 0.25) is 0 Å². The van der Waals surface area contributed by atoms with E-state index in [1.165, 1.54) is 0 Å². The van der Waals surface area contributed by atoms with E-state index in [1.54, 1.807) is 131 Å². The fraction of sp³-hybridized carbons (Fsp3) is 0.552. The number of Topliss-reactive ketones (excluding diaryl/α,β-unsaturated/α-hetero) is 4. The van der Waals surface area contributed by atoms with Crippen LogP contribution in [0.3, 0.4) is 0 Å². The first-order chi connectivity index (χ1) is 41.3. The van der Waals surface area contributed by atoms with E-state index in [4.69, 9.17) is 19.1 Å². The number of benzene rings is 4. The molecule has 8 bridgehead atoms. The Morgan fingerprint density at radius 3 is 1.23 bits per heavy atom. The predicted molar refractivity (Wildman–Crippen MR) is 327 cm³/mol. The van der Waals surface area contributed by atoms with Crippen LogP contribution in [0.15, 0.2) is 121 Å². The summed E-state index contributed by atoms with van der Waals surface area (Å²) in [6.45, 7) is 6.33. The minimum Gasteiger partial charge on any atom is -0.478 e. The van der Waals surface area contributed by atoms with Crippen molar-refractivity contribution in [1.82, 2.24) is 19.6 Å². The highest BCUT2D eigenvalue weighted by Gasteiger charge is 2.53. The molecule has 5 N–H and O–H groups in total. The summed E-state index contributed by atoms with van der Waals surface area (Å²) in [7, 11) is 4.31. The zero-order valence-electron chi connectivity index (χ0n) is 51.3. The molecule has 8 saturated heterocycles. The van der Waals surface area contributed by atoms with Crippen molar-refractivity contribution >= 4 is 48.0 Å². The molecule has 4 aromatic carbocycles. The number of rotatable bonds is 13. The zero-order valence-corrected chi connectivity index (χ0v) is 52.2. The molecule has 4 aromatic rings. The highest BCUT2D eigenvalue weighted by molar-refractivity contribution is 7.61. The molecule has 12 rings (SSSR count). The second kappa shape index (κ2) is 29.3. The van der Waals surface area contributed by atoms with Crippen LogP contribution in [0.25, 0.3) is 0 Å². The van der Waals surface area contributed by atoms with Crippen LogP contribution in [0.5, 0.6) is 0 Å². The second-order valence-electron chi connectivity index (χ2n) is 25.0. The van der Waals surface area contributed by atoms with E-state index in [-0.39, 0.29) is 87.9 Å². The van der Waals surface area contributed by atoms with Gasteiger partial charge in [-0.05, 0) is 163 Å². The molecule has 20 heteroatoms. The average Bonchev–Trinajstić information content (AvgIpc) is 1.89. The average molecular weight is 1220 g/mol. The van der Waals surface area contributed by atoms with Gasteiger partial charge in [0, 0.05) is 60.3 Å². The van der Waals surface area contributed by atoms with E-state index in [1.807, 2.05) is 32.3 Å². The summed E-state index contributed by atoms with van der Waals surface area (Å²) in [6.07, 6.45) is 9.45. The standard InChI is InChI=1S/C17H23NO4.C17H21NO3.C16H22NO4P.C10H17NO2.C7H6O2/c1-11(19)16-14-9-8-13(18(14)2)10-15(16)22-17(20,21)12-6-4-3-5-7-12;1-11(19)16-14-9-8-13(18(14)2)10-15(16)21-17(20)12-6-4-3-5-7-12;1-11(18)16-14-9-8-12(17(14)2)10-15(16)21-22(19,20)13-6-4-3-5-7-13;1-6(12)10-8-4-3-7(11(8)2)5-9(10)13;8-7(9)6-4-2-1-3-5-6/h3-7,13-16,20-21H,8-10H2,1-2H3;3-7,13-16H,8-10H2,1-2H3;3-7,12,14-16H,8-10H2,1-2H3,(H,19,20);7-10,13H,3-5H2,1-2H3;1-5H,(H,8,9)/t2*13?,14?,15-,16+;12?,14?,15-,16+;7?,8?,9-,10+;/m0000./s1. The minimum atomic E-state index is -3.91. The number of carbonyl (C=O) groups is 6. The Bertz CT molecular complexity index is 3030. The number of aliphatic hydroxyl groups is 3. The van der Waals surface area contributed by atoms with Crippen molar-refractivity contribution in [3.63, 3.8) is 0 Å². The van der Waals surface area contributed by atoms with Crippen LogP contribution in [0.4, 0.5) is 0 Å². The normalized spacial score (nSPS) is 32.2. The van der Waals surface area contributed by atoms with Gasteiger partial charge in [-0.25, -0.2) is 9.59 Å². The van der Waals surface area contributed by atoms with E-state index in [0.717, 1.165) is 64.2 Å². The lowest BCUT2D eigenvalue weighted by Gasteiger charge is -2.43. The SMILES string of the molecule is CC(=O)[C@@H]1C2CCC(C[C@@H]1O)N2C.CC(=O)[C@@H]1C2CCC(C[C@@H]1OC(=O)c1ccccc1)N2C.CC(=O)[C@@H]1C2CCC(C[C@@H]1OC(O)(O)c1ccccc1)N2C.CC(=O)[C@@H]1C2CCC(C[C@@H]1OP(=O)(O)c1ccccc1)N2C.O=C(O)c1ccccc1. The van der Waals surface area contributed by atoms with E-state index >= 15 is 0 Å². The first kappa shape index (κ1) is 67.3. The van der Waals surface area contributed by atoms with Gasteiger partial charge < -0.3 is 39.3 Å². The van der Waals surface area contributed by atoms with Gasteiger partial charge in [0.05, 0.1) is 58.4 Å². The van der Waals surface area contributed by atoms with Gasteiger partial charge in [0.1, 0.15) is 29.2 Å². The summed E-state index contributed by atoms with van der Waals surface area (Å²) >= 11 is 0. The van der Waals surface area contributed by atoms with E-state index in [9.17, 15) is 53.5 Å². The van der Waals surface area contributed by atoms with Crippen molar-refractivity contribution in [2.24, 2.45) is 23.7 Å². The highest BCUT2D eigenvalue weighted by Crippen LogP contribution is 2.49. The molecule has 17 atom stereocenters. The smallest absolute Gasteiger partial charge is 0.359 e. The van der Waals surface area contributed by atoms with Crippen molar-refractivity contribution in [3.05, 3.63) is 138 Å². The molecule has 8 fully saturated rings. The molecule has 8 aliphatic rings. The molecule has 0 aliphatic carbocycles. The topological polar surface area (TPSA) is 261 Å². The maximum Gasteiger partial charge on any atom is 0.359 e. The third-order valence-corrected chi connectivity index (χ3v) is 21.4. The quantitative estimate of drug-likeness (QED) is 0.0500. The fourth-order valence-corrected chi connectivity index (χ4v) is 16.6. The third kappa shape index (κ3) is 15.9. The molecule has 0 aromatic heterocycles. The van der Waals surface area contributed by atoms with Gasteiger partial charge in [0.25, 0.3) is 0 Å². The second-order valence-corrected chi connectivity index (χ2v) is 26.8. The van der Waals surface area contributed by atoms with Gasteiger partial charge in [-0.3, -0.25) is 43.3 Å². The summed E-state index contributed by atoms with van der Waals surface area (Å²) < 4.78 is 29.5. The zero-order chi connectivity index (χ0) is 63.1. The lowest BCUT2D eigenvalue weighted by atomic mass is 9.84.